The second kappa shape index (κ2) is 3.57. The van der Waals surface area contributed by atoms with Crippen LogP contribution in [0.1, 0.15) is 6.92 Å². The molecule has 4 nitrogen and oxygen atoms in total. The highest BCUT2D eigenvalue weighted by atomic mass is 32.2. The van der Waals surface area contributed by atoms with Gasteiger partial charge in [-0.1, -0.05) is 11.8 Å². The first-order chi connectivity index (χ1) is 6.20. The first kappa shape index (κ1) is 9.45. The van der Waals surface area contributed by atoms with Crippen LogP contribution in [0.4, 0.5) is 0 Å². The lowest BCUT2D eigenvalue weighted by atomic mass is 9.92. The van der Waals surface area contributed by atoms with E-state index in [9.17, 15) is 4.79 Å². The van der Waals surface area contributed by atoms with Crippen LogP contribution in [-0.4, -0.2) is 37.2 Å². The Labute approximate surface area is 80.9 Å². The minimum Gasteiger partial charge on any atom is -0.329 e. The molecule has 0 unspecified atom stereocenters. The van der Waals surface area contributed by atoms with Crippen molar-refractivity contribution in [1.82, 2.24) is 0 Å². The fourth-order valence-corrected chi connectivity index (χ4v) is 2.14. The van der Waals surface area contributed by atoms with Gasteiger partial charge < -0.3 is 14.2 Å². The van der Waals surface area contributed by atoms with E-state index in [-0.39, 0.29) is 10.5 Å². The lowest BCUT2D eigenvalue weighted by Crippen LogP contribution is -2.53. The molecule has 3 aliphatic heterocycles. The van der Waals surface area contributed by atoms with Gasteiger partial charge in [-0.3, -0.25) is 4.79 Å². The molecular formula is C8H12O4S. The highest BCUT2D eigenvalue weighted by Gasteiger charge is 2.43. The fraction of sp³-hybridized carbons (Fsp3) is 0.875. The van der Waals surface area contributed by atoms with Crippen molar-refractivity contribution in [3.63, 3.8) is 0 Å². The zero-order chi connectivity index (χ0) is 9.31. The van der Waals surface area contributed by atoms with Gasteiger partial charge in [-0.25, -0.2) is 0 Å². The maximum atomic E-state index is 10.8. The van der Waals surface area contributed by atoms with Crippen LogP contribution < -0.4 is 0 Å². The van der Waals surface area contributed by atoms with Crippen LogP contribution in [0.3, 0.4) is 0 Å². The van der Waals surface area contributed by atoms with E-state index >= 15 is 0 Å². The maximum Gasteiger partial charge on any atom is 0.271 e. The van der Waals surface area contributed by atoms with Crippen LogP contribution in [0.15, 0.2) is 0 Å². The summed E-state index contributed by atoms with van der Waals surface area (Å²) < 4.78 is 15.7. The van der Waals surface area contributed by atoms with Crippen molar-refractivity contribution in [1.29, 1.82) is 0 Å². The van der Waals surface area contributed by atoms with Crippen LogP contribution >= 0.6 is 11.8 Å². The molecule has 0 amide bonds. The van der Waals surface area contributed by atoms with E-state index in [1.54, 1.807) is 6.92 Å². The Balaban J connectivity index is 1.91. The molecule has 0 aromatic carbocycles. The molecule has 0 saturated carbocycles. The van der Waals surface area contributed by atoms with E-state index in [1.807, 2.05) is 0 Å². The Hall–Kier alpha value is -0.100. The molecule has 74 valence electrons. The van der Waals surface area contributed by atoms with Gasteiger partial charge in [0.2, 0.25) is 0 Å². The first-order valence-corrected chi connectivity index (χ1v) is 5.17. The Morgan fingerprint density at radius 3 is 2.38 bits per heavy atom. The molecule has 2 bridgehead atoms. The summed E-state index contributed by atoms with van der Waals surface area (Å²) in [7, 11) is 0. The summed E-state index contributed by atoms with van der Waals surface area (Å²) in [6, 6.07) is 0. The molecule has 13 heavy (non-hydrogen) atoms. The third kappa shape index (κ3) is 2.04. The average molecular weight is 204 g/mol. The van der Waals surface area contributed by atoms with E-state index < -0.39 is 6.48 Å². The van der Waals surface area contributed by atoms with Gasteiger partial charge >= 0.3 is 0 Å². The molecule has 3 fully saturated rings. The number of carbonyl (C=O) groups excluding carboxylic acids is 1. The third-order valence-corrected chi connectivity index (χ3v) is 3.32. The molecule has 0 aromatic heterocycles. The van der Waals surface area contributed by atoms with E-state index in [4.69, 9.17) is 14.2 Å². The average Bonchev–Trinajstić information content (AvgIpc) is 2.18. The number of rotatable bonds is 2. The molecule has 0 N–H and O–H groups in total. The van der Waals surface area contributed by atoms with Crippen LogP contribution in [0.5, 0.6) is 0 Å². The predicted octanol–water partition coefficient (Wildman–Crippen LogP) is 0.613. The molecule has 0 aromatic rings. The first-order valence-electron chi connectivity index (χ1n) is 4.18. The van der Waals surface area contributed by atoms with E-state index in [2.05, 4.69) is 0 Å². The Kier molecular flexibility index (Phi) is 2.60. The van der Waals surface area contributed by atoms with Crippen LogP contribution in [0.25, 0.3) is 0 Å². The zero-order valence-corrected chi connectivity index (χ0v) is 8.26. The van der Waals surface area contributed by atoms with Crippen molar-refractivity contribution < 1.29 is 19.0 Å². The summed E-state index contributed by atoms with van der Waals surface area (Å²) in [5, 5.41) is 0.127. The fourth-order valence-electron chi connectivity index (χ4n) is 1.38. The van der Waals surface area contributed by atoms with E-state index in [1.165, 1.54) is 11.8 Å². The monoisotopic (exact) mass is 204 g/mol. The number of hydrogen-bond acceptors (Lipinski definition) is 5. The summed E-state index contributed by atoms with van der Waals surface area (Å²) in [6.07, 6.45) is 0. The molecule has 3 heterocycles. The number of ether oxygens (including phenoxy) is 3. The molecule has 0 spiro atoms. The van der Waals surface area contributed by atoms with Gasteiger partial charge in [-0.05, 0) is 0 Å². The quantitative estimate of drug-likeness (QED) is 0.659. The van der Waals surface area contributed by atoms with Crippen molar-refractivity contribution in [2.45, 2.75) is 13.4 Å². The number of fused-ring (bicyclic) bond motifs is 3. The smallest absolute Gasteiger partial charge is 0.271 e. The van der Waals surface area contributed by atoms with Crippen molar-refractivity contribution in [3.05, 3.63) is 0 Å². The van der Waals surface area contributed by atoms with Crippen molar-refractivity contribution >= 4 is 16.9 Å². The summed E-state index contributed by atoms with van der Waals surface area (Å²) in [6.45, 7) is 3.01. The van der Waals surface area contributed by atoms with E-state index in [0.29, 0.717) is 19.8 Å². The van der Waals surface area contributed by atoms with Crippen LogP contribution in [0, 0.1) is 5.41 Å². The third-order valence-electron chi connectivity index (χ3n) is 2.16. The van der Waals surface area contributed by atoms with Gasteiger partial charge in [-0.2, -0.15) is 0 Å². The second-order valence-corrected chi connectivity index (χ2v) is 4.65. The molecule has 0 aliphatic carbocycles. The molecule has 3 saturated heterocycles. The second-order valence-electron chi connectivity index (χ2n) is 3.50. The topological polar surface area (TPSA) is 44.8 Å². The SMILES string of the molecule is CC(=O)SCC12COC(OC1)OC2. The van der Waals surface area contributed by atoms with Gasteiger partial charge in [0.15, 0.2) is 5.12 Å². The Morgan fingerprint density at radius 2 is 1.92 bits per heavy atom. The van der Waals surface area contributed by atoms with Gasteiger partial charge in [-0.15, -0.1) is 0 Å². The molecule has 3 rings (SSSR count). The van der Waals surface area contributed by atoms with Gasteiger partial charge in [0.25, 0.3) is 6.48 Å². The van der Waals surface area contributed by atoms with Gasteiger partial charge in [0.05, 0.1) is 25.2 Å². The molecule has 0 atom stereocenters. The standard InChI is InChI=1S/C8H12O4S/c1-6(9)13-5-8-2-10-7(11-3-8)12-4-8/h7H,2-5H2,1H3. The predicted molar refractivity (Wildman–Crippen MR) is 47.2 cm³/mol. The largest absolute Gasteiger partial charge is 0.329 e. The van der Waals surface area contributed by atoms with E-state index in [0.717, 1.165) is 5.75 Å². The highest BCUT2D eigenvalue weighted by Crippen LogP contribution is 2.34. The molecule has 3 aliphatic rings. The van der Waals surface area contributed by atoms with Gasteiger partial charge in [0.1, 0.15) is 0 Å². The van der Waals surface area contributed by atoms with Crippen molar-refractivity contribution in [3.8, 4) is 0 Å². The van der Waals surface area contributed by atoms with Crippen molar-refractivity contribution in [2.75, 3.05) is 25.6 Å². The number of carbonyl (C=O) groups is 1. The molecule has 5 heteroatoms. The van der Waals surface area contributed by atoms with Gasteiger partial charge in [0, 0.05) is 12.7 Å². The lowest BCUT2D eigenvalue weighted by molar-refractivity contribution is -0.390. The minimum atomic E-state index is -0.468. The van der Waals surface area contributed by atoms with Crippen LogP contribution in [-0.2, 0) is 19.0 Å². The summed E-state index contributed by atoms with van der Waals surface area (Å²) >= 11 is 1.31. The summed E-state index contributed by atoms with van der Waals surface area (Å²) in [4.78, 5) is 10.8. The zero-order valence-electron chi connectivity index (χ0n) is 7.45. The Bertz CT molecular complexity index is 196. The maximum absolute atomic E-state index is 10.8. The minimum absolute atomic E-state index is 0.106. The normalized spacial score (nSPS) is 37.8. The summed E-state index contributed by atoms with van der Waals surface area (Å²) in [5.41, 5.74) is -0.106. The molecule has 0 radical (unpaired) electrons. The molecular weight excluding hydrogens is 192 g/mol. The summed E-state index contributed by atoms with van der Waals surface area (Å²) in [5.74, 6) is 0.717. The highest BCUT2D eigenvalue weighted by molar-refractivity contribution is 8.13. The number of thioether (sulfide) groups is 1. The van der Waals surface area contributed by atoms with Crippen LogP contribution in [0.2, 0.25) is 0 Å². The van der Waals surface area contributed by atoms with Crippen molar-refractivity contribution in [2.24, 2.45) is 5.41 Å². The Morgan fingerprint density at radius 1 is 1.38 bits per heavy atom. The lowest BCUT2D eigenvalue weighted by Gasteiger charge is -2.44. The number of hydrogen-bond donors (Lipinski definition) is 0.